The van der Waals surface area contributed by atoms with Crippen LogP contribution in [0.5, 0.6) is 0 Å². The van der Waals surface area contributed by atoms with Gasteiger partial charge in [-0.05, 0) is 41.5 Å². The highest BCUT2D eigenvalue weighted by Gasteiger charge is 2.20. The first-order valence-electron chi connectivity index (χ1n) is 6.97. The summed E-state index contributed by atoms with van der Waals surface area (Å²) >= 11 is 0. The van der Waals surface area contributed by atoms with Crippen LogP contribution >= 0.6 is 0 Å². The van der Waals surface area contributed by atoms with Gasteiger partial charge >= 0.3 is 5.82 Å². The third kappa shape index (κ3) is 3.30. The van der Waals surface area contributed by atoms with Gasteiger partial charge < -0.3 is 15.0 Å². The second-order valence-electron chi connectivity index (χ2n) is 5.01. The van der Waals surface area contributed by atoms with E-state index in [9.17, 15) is 14.9 Å². The Morgan fingerprint density at radius 1 is 1.41 bits per heavy atom. The van der Waals surface area contributed by atoms with Crippen molar-refractivity contribution in [2.45, 2.75) is 27.3 Å². The van der Waals surface area contributed by atoms with Gasteiger partial charge in [-0.25, -0.2) is 0 Å². The normalized spacial score (nSPS) is 10.5. The van der Waals surface area contributed by atoms with E-state index >= 15 is 0 Å². The molecule has 0 saturated carbocycles. The molecule has 0 atom stereocenters. The number of imidazole rings is 1. The zero-order chi connectivity index (χ0) is 16.3. The molecule has 0 unspecified atom stereocenters. The van der Waals surface area contributed by atoms with Gasteiger partial charge in [-0.2, -0.15) is 0 Å². The quantitative estimate of drug-likeness (QED) is 0.627. The number of benzene rings is 1. The molecule has 0 spiro atoms. The molecule has 2 aromatic rings. The van der Waals surface area contributed by atoms with Crippen LogP contribution in [0.15, 0.2) is 30.5 Å². The number of carbonyl (C=O) groups is 1. The third-order valence-electron chi connectivity index (χ3n) is 3.39. The van der Waals surface area contributed by atoms with Gasteiger partial charge in [0, 0.05) is 19.2 Å². The Balaban J connectivity index is 2.21. The molecular formula is C15H18N4O3. The van der Waals surface area contributed by atoms with E-state index in [1.165, 1.54) is 10.8 Å². The summed E-state index contributed by atoms with van der Waals surface area (Å²) in [4.78, 5) is 28.1. The maximum absolute atomic E-state index is 12.5. The second kappa shape index (κ2) is 6.38. The molecule has 0 radical (unpaired) electrons. The van der Waals surface area contributed by atoms with Gasteiger partial charge in [0.25, 0.3) is 0 Å². The van der Waals surface area contributed by atoms with Crippen LogP contribution < -0.4 is 4.90 Å². The lowest BCUT2D eigenvalue weighted by atomic mass is 10.2. The fourth-order valence-electron chi connectivity index (χ4n) is 2.27. The molecule has 1 amide bonds. The minimum absolute atomic E-state index is 0.0223. The van der Waals surface area contributed by atoms with Crippen molar-refractivity contribution < 1.29 is 9.72 Å². The lowest BCUT2D eigenvalue weighted by molar-refractivity contribution is -0.389. The zero-order valence-electron chi connectivity index (χ0n) is 12.8. The highest BCUT2D eigenvalue weighted by Crippen LogP contribution is 2.17. The lowest BCUT2D eigenvalue weighted by Gasteiger charge is -2.21. The van der Waals surface area contributed by atoms with Gasteiger partial charge in [-0.1, -0.05) is 12.1 Å². The van der Waals surface area contributed by atoms with E-state index in [0.29, 0.717) is 12.4 Å². The van der Waals surface area contributed by atoms with E-state index in [2.05, 4.69) is 4.98 Å². The predicted molar refractivity (Wildman–Crippen MR) is 82.8 cm³/mol. The maximum atomic E-state index is 12.5. The fraction of sp³-hybridized carbons (Fsp3) is 0.333. The van der Waals surface area contributed by atoms with Gasteiger partial charge in [0.05, 0.1) is 0 Å². The average molecular weight is 302 g/mol. The molecule has 0 aliphatic rings. The first-order chi connectivity index (χ1) is 10.4. The Morgan fingerprint density at radius 2 is 2.14 bits per heavy atom. The summed E-state index contributed by atoms with van der Waals surface area (Å²) in [5, 5.41) is 10.7. The van der Waals surface area contributed by atoms with Crippen molar-refractivity contribution >= 4 is 17.4 Å². The fourth-order valence-corrected chi connectivity index (χ4v) is 2.27. The molecule has 7 heteroatoms. The van der Waals surface area contributed by atoms with Crippen molar-refractivity contribution in [3.05, 3.63) is 52.0 Å². The zero-order valence-corrected chi connectivity index (χ0v) is 12.8. The number of aryl methyl sites for hydroxylation is 2. The molecule has 0 saturated heterocycles. The largest absolute Gasteiger partial charge is 0.381 e. The number of amides is 1. The topological polar surface area (TPSA) is 81.3 Å². The lowest BCUT2D eigenvalue weighted by Crippen LogP contribution is -2.33. The SMILES string of the molecule is CCN(C(=O)Cn1cc([N+](=O)[O-])nc1C)c1cccc(C)c1. The van der Waals surface area contributed by atoms with Crippen LogP contribution in [-0.2, 0) is 11.3 Å². The Kier molecular flexibility index (Phi) is 4.55. The Bertz CT molecular complexity index is 709. The summed E-state index contributed by atoms with van der Waals surface area (Å²) in [7, 11) is 0. The highest BCUT2D eigenvalue weighted by molar-refractivity contribution is 5.93. The maximum Gasteiger partial charge on any atom is 0.381 e. The van der Waals surface area contributed by atoms with Crippen molar-refractivity contribution in [3.63, 3.8) is 0 Å². The molecule has 0 bridgehead atoms. The first kappa shape index (κ1) is 15.7. The molecule has 0 fully saturated rings. The van der Waals surface area contributed by atoms with E-state index in [1.807, 2.05) is 38.1 Å². The van der Waals surface area contributed by atoms with E-state index < -0.39 is 4.92 Å². The predicted octanol–water partition coefficient (Wildman–Crippen LogP) is 2.46. The number of nitrogens with zero attached hydrogens (tertiary/aromatic N) is 4. The van der Waals surface area contributed by atoms with Crippen LogP contribution in [0, 0.1) is 24.0 Å². The summed E-state index contributed by atoms with van der Waals surface area (Å²) in [5.74, 6) is 0.0627. The number of anilines is 1. The van der Waals surface area contributed by atoms with Crippen LogP contribution in [0.4, 0.5) is 11.5 Å². The van der Waals surface area contributed by atoms with E-state index in [0.717, 1.165) is 11.3 Å². The number of likely N-dealkylation sites (N-methyl/N-ethyl adjacent to an activating group) is 1. The molecule has 22 heavy (non-hydrogen) atoms. The molecule has 116 valence electrons. The van der Waals surface area contributed by atoms with Crippen LogP contribution in [-0.4, -0.2) is 26.9 Å². The summed E-state index contributed by atoms with van der Waals surface area (Å²) < 4.78 is 1.50. The molecule has 2 rings (SSSR count). The van der Waals surface area contributed by atoms with Crippen LogP contribution in [0.3, 0.4) is 0 Å². The van der Waals surface area contributed by atoms with E-state index in [1.54, 1.807) is 11.8 Å². The summed E-state index contributed by atoms with van der Waals surface area (Å²) in [5.41, 5.74) is 1.89. The Labute approximate surface area is 128 Å². The van der Waals surface area contributed by atoms with Crippen molar-refractivity contribution in [2.75, 3.05) is 11.4 Å². The molecular weight excluding hydrogens is 284 g/mol. The summed E-state index contributed by atoms with van der Waals surface area (Å²) in [6, 6.07) is 7.67. The van der Waals surface area contributed by atoms with Gasteiger partial charge in [0.15, 0.2) is 0 Å². The number of carbonyl (C=O) groups excluding carboxylic acids is 1. The van der Waals surface area contributed by atoms with E-state index in [4.69, 9.17) is 0 Å². The number of rotatable bonds is 5. The van der Waals surface area contributed by atoms with E-state index in [-0.39, 0.29) is 18.3 Å². The number of nitro groups is 1. The number of hydrogen-bond acceptors (Lipinski definition) is 4. The van der Waals surface area contributed by atoms with Gasteiger partial charge in [0.2, 0.25) is 11.7 Å². The van der Waals surface area contributed by atoms with Crippen LogP contribution in [0.25, 0.3) is 0 Å². The smallest absolute Gasteiger partial charge is 0.358 e. The monoisotopic (exact) mass is 302 g/mol. The van der Waals surface area contributed by atoms with Crippen molar-refractivity contribution in [1.82, 2.24) is 9.55 Å². The molecule has 7 nitrogen and oxygen atoms in total. The number of hydrogen-bond donors (Lipinski definition) is 0. The minimum Gasteiger partial charge on any atom is -0.358 e. The molecule has 0 N–H and O–H groups in total. The second-order valence-corrected chi connectivity index (χ2v) is 5.01. The number of aromatic nitrogens is 2. The summed E-state index contributed by atoms with van der Waals surface area (Å²) in [6.07, 6.45) is 1.29. The summed E-state index contributed by atoms with van der Waals surface area (Å²) in [6.45, 7) is 6.05. The molecule has 0 aliphatic heterocycles. The van der Waals surface area contributed by atoms with Gasteiger partial charge in [-0.15, -0.1) is 0 Å². The minimum atomic E-state index is -0.563. The van der Waals surface area contributed by atoms with Crippen LogP contribution in [0.1, 0.15) is 18.3 Å². The molecule has 1 heterocycles. The van der Waals surface area contributed by atoms with Crippen molar-refractivity contribution in [2.24, 2.45) is 0 Å². The Morgan fingerprint density at radius 3 is 2.68 bits per heavy atom. The standard InChI is InChI=1S/C15H18N4O3/c1-4-18(13-7-5-6-11(2)8-13)15(20)10-17-9-14(19(21)22)16-12(17)3/h5-9H,4,10H2,1-3H3. The highest BCUT2D eigenvalue weighted by atomic mass is 16.6. The van der Waals surface area contributed by atoms with Gasteiger partial charge in [-0.3, -0.25) is 9.36 Å². The third-order valence-corrected chi connectivity index (χ3v) is 3.39. The van der Waals surface area contributed by atoms with Crippen molar-refractivity contribution in [1.29, 1.82) is 0 Å². The Hall–Kier alpha value is -2.70. The van der Waals surface area contributed by atoms with Gasteiger partial charge in [0.1, 0.15) is 12.7 Å². The molecule has 0 aliphatic carbocycles. The van der Waals surface area contributed by atoms with Crippen LogP contribution in [0.2, 0.25) is 0 Å². The first-order valence-corrected chi connectivity index (χ1v) is 6.97. The average Bonchev–Trinajstić information content (AvgIpc) is 2.81. The van der Waals surface area contributed by atoms with Crippen molar-refractivity contribution in [3.8, 4) is 0 Å². The molecule has 1 aromatic carbocycles. The molecule has 1 aromatic heterocycles.